The van der Waals surface area contributed by atoms with Crippen molar-refractivity contribution in [2.75, 3.05) is 12.4 Å². The van der Waals surface area contributed by atoms with Gasteiger partial charge >= 0.3 is 0 Å². The van der Waals surface area contributed by atoms with E-state index in [0.29, 0.717) is 16.8 Å². The lowest BCUT2D eigenvalue weighted by atomic mass is 10.1. The summed E-state index contributed by atoms with van der Waals surface area (Å²) in [5.74, 6) is -1.35. The number of halogens is 3. The number of rotatable bonds is 7. The van der Waals surface area contributed by atoms with Crippen molar-refractivity contribution in [3.8, 4) is 0 Å². The zero-order valence-corrected chi connectivity index (χ0v) is 17.6. The molecule has 0 aliphatic carbocycles. The van der Waals surface area contributed by atoms with Crippen LogP contribution in [0.15, 0.2) is 47.5 Å². The number of anilines is 1. The van der Waals surface area contributed by atoms with Gasteiger partial charge in [0, 0.05) is 25.0 Å². The van der Waals surface area contributed by atoms with Crippen molar-refractivity contribution in [3.63, 3.8) is 0 Å². The highest BCUT2D eigenvalue weighted by Gasteiger charge is 2.11. The number of aliphatic imine (C=N–C) groups is 1. The van der Waals surface area contributed by atoms with Crippen molar-refractivity contribution < 1.29 is 18.8 Å². The van der Waals surface area contributed by atoms with Gasteiger partial charge in [0.2, 0.25) is 5.91 Å². The van der Waals surface area contributed by atoms with E-state index in [1.807, 2.05) is 0 Å². The number of carbonyl (C=O) groups excluding carboxylic acids is 2. The zero-order valence-electron chi connectivity index (χ0n) is 16.1. The molecule has 0 spiro atoms. The Balaban J connectivity index is 2.19. The van der Waals surface area contributed by atoms with Gasteiger partial charge in [0.05, 0.1) is 28.5 Å². The first kappa shape index (κ1) is 23.3. The molecule has 0 radical (unpaired) electrons. The second-order valence-electron chi connectivity index (χ2n) is 6.10. The predicted octanol–water partition coefficient (Wildman–Crippen LogP) is 3.71. The summed E-state index contributed by atoms with van der Waals surface area (Å²) in [6.07, 6.45) is 1.27. The molecule has 0 saturated carbocycles. The fraction of sp³-hybridized carbons (Fsp3) is 0.150. The van der Waals surface area contributed by atoms with E-state index in [1.165, 1.54) is 44.4 Å². The molecular formula is C20H19Cl2FN4O3. The van der Waals surface area contributed by atoms with E-state index in [1.54, 1.807) is 12.1 Å². The van der Waals surface area contributed by atoms with Crippen LogP contribution >= 0.6 is 23.2 Å². The Morgan fingerprint density at radius 2 is 1.80 bits per heavy atom. The molecule has 2 rings (SSSR count). The van der Waals surface area contributed by atoms with Crippen LogP contribution in [-0.2, 0) is 20.8 Å². The second kappa shape index (κ2) is 10.7. The van der Waals surface area contributed by atoms with Crippen molar-refractivity contribution in [2.45, 2.75) is 13.3 Å². The van der Waals surface area contributed by atoms with Crippen LogP contribution < -0.4 is 16.5 Å². The van der Waals surface area contributed by atoms with E-state index in [-0.39, 0.29) is 33.9 Å². The molecule has 0 bridgehead atoms. The number of carbonyl (C=O) groups is 2. The van der Waals surface area contributed by atoms with E-state index >= 15 is 0 Å². The molecule has 0 aromatic heterocycles. The summed E-state index contributed by atoms with van der Waals surface area (Å²) in [5, 5.41) is 3.00. The maximum absolute atomic E-state index is 13.1. The van der Waals surface area contributed by atoms with Crippen LogP contribution in [0.1, 0.15) is 18.1 Å². The Morgan fingerprint density at radius 1 is 1.20 bits per heavy atom. The SMILES string of the molecule is CONC(=CC(=O)N=C(N)Cc1cc(Cl)c(NC(C)=O)c(Cl)c1)c1ccc(F)cc1. The Bertz CT molecular complexity index is 985. The number of hydroxylamine groups is 1. The minimum Gasteiger partial charge on any atom is -0.387 e. The molecule has 0 saturated heterocycles. The molecule has 158 valence electrons. The van der Waals surface area contributed by atoms with E-state index in [4.69, 9.17) is 33.8 Å². The van der Waals surface area contributed by atoms with Crippen molar-refractivity contribution in [1.82, 2.24) is 5.48 Å². The van der Waals surface area contributed by atoms with Gasteiger partial charge < -0.3 is 11.1 Å². The highest BCUT2D eigenvalue weighted by molar-refractivity contribution is 6.39. The van der Waals surface area contributed by atoms with Crippen molar-refractivity contribution in [3.05, 3.63) is 69.5 Å². The van der Waals surface area contributed by atoms with Gasteiger partial charge in [-0.2, -0.15) is 4.99 Å². The molecule has 0 unspecified atom stereocenters. The molecule has 0 fully saturated rings. The van der Waals surface area contributed by atoms with E-state index in [2.05, 4.69) is 15.8 Å². The summed E-state index contributed by atoms with van der Waals surface area (Å²) in [4.78, 5) is 32.2. The Morgan fingerprint density at radius 3 is 2.33 bits per heavy atom. The molecule has 2 amide bonds. The van der Waals surface area contributed by atoms with Crippen LogP contribution in [0.3, 0.4) is 0 Å². The van der Waals surface area contributed by atoms with Crippen LogP contribution in [0.25, 0.3) is 5.70 Å². The zero-order chi connectivity index (χ0) is 22.3. The predicted molar refractivity (Wildman–Crippen MR) is 116 cm³/mol. The summed E-state index contributed by atoms with van der Waals surface area (Å²) < 4.78 is 13.1. The van der Waals surface area contributed by atoms with Crippen molar-refractivity contribution >= 4 is 52.2 Å². The summed E-state index contributed by atoms with van der Waals surface area (Å²) >= 11 is 12.3. The van der Waals surface area contributed by atoms with Crippen LogP contribution in [0.2, 0.25) is 10.0 Å². The van der Waals surface area contributed by atoms with Gasteiger partial charge in [0.1, 0.15) is 11.7 Å². The molecule has 2 aromatic rings. The van der Waals surface area contributed by atoms with Crippen molar-refractivity contribution in [2.24, 2.45) is 10.7 Å². The molecule has 0 atom stereocenters. The van der Waals surface area contributed by atoms with Gasteiger partial charge in [0.25, 0.3) is 5.91 Å². The number of hydrogen-bond acceptors (Lipinski definition) is 4. The lowest BCUT2D eigenvalue weighted by molar-refractivity contribution is -0.114. The van der Waals surface area contributed by atoms with Crippen LogP contribution in [-0.4, -0.2) is 24.8 Å². The largest absolute Gasteiger partial charge is 0.387 e. The van der Waals surface area contributed by atoms with Gasteiger partial charge in [-0.1, -0.05) is 23.2 Å². The molecule has 7 nitrogen and oxygen atoms in total. The first-order chi connectivity index (χ1) is 14.2. The Hall–Kier alpha value is -2.94. The summed E-state index contributed by atoms with van der Waals surface area (Å²) in [6, 6.07) is 8.60. The van der Waals surface area contributed by atoms with E-state index < -0.39 is 11.7 Å². The van der Waals surface area contributed by atoms with E-state index in [9.17, 15) is 14.0 Å². The Labute approximate surface area is 182 Å². The fourth-order valence-corrected chi connectivity index (χ4v) is 3.11. The number of amidine groups is 1. The number of benzene rings is 2. The third-order valence-electron chi connectivity index (χ3n) is 3.68. The highest BCUT2D eigenvalue weighted by atomic mass is 35.5. The third kappa shape index (κ3) is 6.84. The maximum atomic E-state index is 13.1. The van der Waals surface area contributed by atoms with Gasteiger partial charge in [-0.25, -0.2) is 4.39 Å². The van der Waals surface area contributed by atoms with Gasteiger partial charge in [-0.15, -0.1) is 0 Å². The normalized spacial score (nSPS) is 11.9. The summed E-state index contributed by atoms with van der Waals surface area (Å²) in [5.41, 5.74) is 10.1. The quantitative estimate of drug-likeness (QED) is 0.257. The van der Waals surface area contributed by atoms with Crippen LogP contribution in [0.4, 0.5) is 10.1 Å². The first-order valence-electron chi connectivity index (χ1n) is 8.58. The monoisotopic (exact) mass is 452 g/mol. The first-order valence-corrected chi connectivity index (χ1v) is 9.34. The minimum absolute atomic E-state index is 0.0199. The lowest BCUT2D eigenvalue weighted by Gasteiger charge is -2.10. The van der Waals surface area contributed by atoms with E-state index in [0.717, 1.165) is 0 Å². The maximum Gasteiger partial charge on any atom is 0.273 e. The molecule has 10 heteroatoms. The number of nitrogens with zero attached hydrogens (tertiary/aromatic N) is 1. The number of nitrogens with two attached hydrogens (primary N) is 1. The number of amides is 2. The Kier molecular flexibility index (Phi) is 8.35. The lowest BCUT2D eigenvalue weighted by Crippen LogP contribution is -2.18. The smallest absolute Gasteiger partial charge is 0.273 e. The fourth-order valence-electron chi connectivity index (χ4n) is 2.48. The van der Waals surface area contributed by atoms with Gasteiger partial charge in [-0.05, 0) is 42.0 Å². The number of nitrogens with one attached hydrogen (secondary N) is 2. The molecule has 30 heavy (non-hydrogen) atoms. The summed E-state index contributed by atoms with van der Waals surface area (Å²) in [7, 11) is 1.37. The molecule has 0 heterocycles. The molecular weight excluding hydrogens is 434 g/mol. The average Bonchev–Trinajstić information content (AvgIpc) is 2.64. The minimum atomic E-state index is -0.650. The summed E-state index contributed by atoms with van der Waals surface area (Å²) in [6.45, 7) is 1.34. The van der Waals surface area contributed by atoms with Crippen molar-refractivity contribution in [1.29, 1.82) is 0 Å². The topological polar surface area (TPSA) is 106 Å². The second-order valence-corrected chi connectivity index (χ2v) is 6.92. The molecule has 0 aliphatic heterocycles. The average molecular weight is 453 g/mol. The van der Waals surface area contributed by atoms with Crippen LogP contribution in [0.5, 0.6) is 0 Å². The van der Waals surface area contributed by atoms with Gasteiger partial charge in [-0.3, -0.25) is 19.9 Å². The van der Waals surface area contributed by atoms with Crippen LogP contribution in [0, 0.1) is 5.82 Å². The third-order valence-corrected chi connectivity index (χ3v) is 4.27. The molecule has 4 N–H and O–H groups in total. The highest BCUT2D eigenvalue weighted by Crippen LogP contribution is 2.32. The standard InChI is InChI=1S/C20H19Cl2FN4O3/c1-11(28)25-20-15(21)7-12(8-16(20)22)9-18(24)26-19(29)10-17(27-30-2)13-3-5-14(23)6-4-13/h3-8,10,27H,9H2,1-2H3,(H,25,28)(H2,24,26,29). The molecule has 0 aliphatic rings. The molecule has 2 aromatic carbocycles. The van der Waals surface area contributed by atoms with Gasteiger partial charge in [0.15, 0.2) is 0 Å². The number of hydrogen-bond donors (Lipinski definition) is 3.